The number of aliphatic imine (C=N–C) groups is 1. The first-order valence-electron chi connectivity index (χ1n) is 9.25. The van der Waals surface area contributed by atoms with Crippen LogP contribution in [0.3, 0.4) is 0 Å². The first-order valence-corrected chi connectivity index (χ1v) is 9.25. The quantitative estimate of drug-likeness (QED) is 0.428. The molecule has 2 aliphatic rings. The van der Waals surface area contributed by atoms with E-state index >= 15 is 0 Å². The summed E-state index contributed by atoms with van der Waals surface area (Å²) >= 11 is 0. The van der Waals surface area contributed by atoms with Crippen molar-refractivity contribution in [1.82, 2.24) is 15.1 Å². The number of rotatable bonds is 4. The van der Waals surface area contributed by atoms with E-state index in [0.29, 0.717) is 6.04 Å². The van der Waals surface area contributed by atoms with Crippen molar-refractivity contribution in [3.05, 3.63) is 29.8 Å². The molecule has 1 aromatic rings. The number of halogens is 1. The van der Waals surface area contributed by atoms with Crippen molar-refractivity contribution in [1.29, 1.82) is 0 Å². The van der Waals surface area contributed by atoms with Gasteiger partial charge in [-0.15, -0.1) is 24.0 Å². The fourth-order valence-electron chi connectivity index (χ4n) is 3.55. The minimum absolute atomic E-state index is 0. The van der Waals surface area contributed by atoms with Crippen LogP contribution in [0.4, 0.5) is 5.69 Å². The van der Waals surface area contributed by atoms with Gasteiger partial charge in [-0.25, -0.2) is 0 Å². The Bertz CT molecular complexity index is 569. The van der Waals surface area contributed by atoms with E-state index in [9.17, 15) is 0 Å². The van der Waals surface area contributed by atoms with Crippen LogP contribution >= 0.6 is 24.0 Å². The van der Waals surface area contributed by atoms with Crippen LogP contribution in [0, 0.1) is 0 Å². The third-order valence-corrected chi connectivity index (χ3v) is 5.14. The van der Waals surface area contributed by atoms with E-state index in [4.69, 9.17) is 4.99 Å². The van der Waals surface area contributed by atoms with Gasteiger partial charge in [0.1, 0.15) is 0 Å². The van der Waals surface area contributed by atoms with E-state index in [1.165, 1.54) is 11.3 Å². The molecule has 1 aromatic carbocycles. The SMILES string of the molecule is CCNC(=NCC(C)N1CCN(C)CC1)N1CCc2ccccc21.I. The number of nitrogens with one attached hydrogen (secondary N) is 1. The summed E-state index contributed by atoms with van der Waals surface area (Å²) in [6.45, 7) is 11.8. The van der Waals surface area contributed by atoms with Crippen molar-refractivity contribution in [2.45, 2.75) is 26.3 Å². The van der Waals surface area contributed by atoms with Crippen LogP contribution < -0.4 is 10.2 Å². The number of nitrogens with zero attached hydrogens (tertiary/aromatic N) is 4. The monoisotopic (exact) mass is 457 g/mol. The van der Waals surface area contributed by atoms with E-state index in [2.05, 4.69) is 65.2 Å². The summed E-state index contributed by atoms with van der Waals surface area (Å²) in [6, 6.07) is 9.17. The molecule has 0 spiro atoms. The average Bonchev–Trinajstić information content (AvgIpc) is 3.03. The molecule has 140 valence electrons. The molecule has 0 amide bonds. The second-order valence-electron chi connectivity index (χ2n) is 6.91. The van der Waals surface area contributed by atoms with Crippen LogP contribution in [-0.2, 0) is 6.42 Å². The lowest BCUT2D eigenvalue weighted by molar-refractivity contribution is 0.122. The molecule has 3 rings (SSSR count). The highest BCUT2D eigenvalue weighted by Gasteiger charge is 2.23. The van der Waals surface area contributed by atoms with Gasteiger partial charge in [-0.3, -0.25) is 9.89 Å². The van der Waals surface area contributed by atoms with Crippen molar-refractivity contribution in [3.63, 3.8) is 0 Å². The minimum Gasteiger partial charge on any atom is -0.356 e. The normalized spacial score (nSPS) is 20.1. The van der Waals surface area contributed by atoms with Crippen molar-refractivity contribution < 1.29 is 0 Å². The number of piperazine rings is 1. The predicted molar refractivity (Wildman–Crippen MR) is 117 cm³/mol. The molecule has 2 aliphatic heterocycles. The first kappa shape index (κ1) is 20.5. The molecule has 25 heavy (non-hydrogen) atoms. The highest BCUT2D eigenvalue weighted by atomic mass is 127. The Morgan fingerprint density at radius 1 is 1.16 bits per heavy atom. The number of likely N-dealkylation sites (N-methyl/N-ethyl adjacent to an activating group) is 1. The molecule has 0 radical (unpaired) electrons. The highest BCUT2D eigenvalue weighted by molar-refractivity contribution is 14.0. The number of anilines is 1. The number of hydrogen-bond donors (Lipinski definition) is 1. The van der Waals surface area contributed by atoms with Crippen LogP contribution in [0.5, 0.6) is 0 Å². The summed E-state index contributed by atoms with van der Waals surface area (Å²) in [7, 11) is 2.20. The van der Waals surface area contributed by atoms with Gasteiger partial charge >= 0.3 is 0 Å². The van der Waals surface area contributed by atoms with Crippen LogP contribution in [0.25, 0.3) is 0 Å². The Hall–Kier alpha value is -0.860. The van der Waals surface area contributed by atoms with Crippen molar-refractivity contribution >= 4 is 35.6 Å². The molecule has 1 fully saturated rings. The van der Waals surface area contributed by atoms with Gasteiger partial charge in [0.05, 0.1) is 6.54 Å². The Morgan fingerprint density at radius 2 is 1.88 bits per heavy atom. The van der Waals surface area contributed by atoms with E-state index < -0.39 is 0 Å². The zero-order valence-electron chi connectivity index (χ0n) is 15.7. The van der Waals surface area contributed by atoms with Gasteiger partial charge in [0, 0.05) is 51.0 Å². The summed E-state index contributed by atoms with van der Waals surface area (Å²) in [5, 5.41) is 3.48. The fourth-order valence-corrected chi connectivity index (χ4v) is 3.55. The Balaban J connectivity index is 0.00000225. The van der Waals surface area contributed by atoms with Gasteiger partial charge in [-0.1, -0.05) is 18.2 Å². The topological polar surface area (TPSA) is 34.1 Å². The molecule has 5 nitrogen and oxygen atoms in total. The predicted octanol–water partition coefficient (Wildman–Crippen LogP) is 2.27. The zero-order chi connectivity index (χ0) is 16.9. The van der Waals surface area contributed by atoms with Crippen molar-refractivity contribution in [2.75, 3.05) is 57.8 Å². The van der Waals surface area contributed by atoms with Crippen LogP contribution in [0.2, 0.25) is 0 Å². The lowest BCUT2D eigenvalue weighted by Crippen LogP contribution is -2.49. The van der Waals surface area contributed by atoms with E-state index in [-0.39, 0.29) is 24.0 Å². The molecule has 1 saturated heterocycles. The largest absolute Gasteiger partial charge is 0.356 e. The standard InChI is InChI=1S/C19H31N5.HI/c1-4-20-19(24-10-9-17-7-5-6-8-18(17)24)21-15-16(2)23-13-11-22(3)12-14-23;/h5-8,16H,4,9-15H2,1-3H3,(H,20,21);1H. The minimum atomic E-state index is 0. The molecule has 0 saturated carbocycles. The summed E-state index contributed by atoms with van der Waals surface area (Å²) in [4.78, 5) is 12.3. The molecule has 0 aromatic heterocycles. The first-order chi connectivity index (χ1) is 11.7. The average molecular weight is 457 g/mol. The van der Waals surface area contributed by atoms with Gasteiger partial charge in [-0.2, -0.15) is 0 Å². The third-order valence-electron chi connectivity index (χ3n) is 5.14. The van der Waals surface area contributed by atoms with Crippen LogP contribution in [0.15, 0.2) is 29.3 Å². The number of hydrogen-bond acceptors (Lipinski definition) is 3. The Morgan fingerprint density at radius 3 is 2.60 bits per heavy atom. The molecule has 6 heteroatoms. The summed E-state index contributed by atoms with van der Waals surface area (Å²) in [5.74, 6) is 1.03. The lowest BCUT2D eigenvalue weighted by Gasteiger charge is -2.36. The van der Waals surface area contributed by atoms with Crippen molar-refractivity contribution in [2.24, 2.45) is 4.99 Å². The van der Waals surface area contributed by atoms with Crippen molar-refractivity contribution in [3.8, 4) is 0 Å². The molecule has 2 heterocycles. The zero-order valence-corrected chi connectivity index (χ0v) is 18.1. The lowest BCUT2D eigenvalue weighted by atomic mass is 10.2. The van der Waals surface area contributed by atoms with Crippen LogP contribution in [0.1, 0.15) is 19.4 Å². The molecule has 0 aliphatic carbocycles. The summed E-state index contributed by atoms with van der Waals surface area (Å²) < 4.78 is 0. The van der Waals surface area contributed by atoms with E-state index in [1.807, 2.05) is 0 Å². The number of benzene rings is 1. The highest BCUT2D eigenvalue weighted by Crippen LogP contribution is 2.27. The maximum Gasteiger partial charge on any atom is 0.198 e. The van der Waals surface area contributed by atoms with Gasteiger partial charge < -0.3 is 15.1 Å². The molecular formula is C19H32IN5. The van der Waals surface area contributed by atoms with Crippen LogP contribution in [-0.4, -0.2) is 74.7 Å². The maximum atomic E-state index is 4.96. The van der Waals surface area contributed by atoms with E-state index in [1.54, 1.807) is 0 Å². The maximum absolute atomic E-state index is 4.96. The molecule has 0 bridgehead atoms. The third kappa shape index (κ3) is 5.08. The van der Waals surface area contributed by atoms with Gasteiger partial charge in [0.15, 0.2) is 5.96 Å². The fraction of sp³-hybridized carbons (Fsp3) is 0.632. The molecule has 1 atom stereocenters. The summed E-state index contributed by atoms with van der Waals surface area (Å²) in [6.07, 6.45) is 1.11. The molecular weight excluding hydrogens is 425 g/mol. The second kappa shape index (κ2) is 9.73. The van der Waals surface area contributed by atoms with Gasteiger partial charge in [0.25, 0.3) is 0 Å². The number of guanidine groups is 1. The Kier molecular flexibility index (Phi) is 7.96. The molecule has 1 N–H and O–H groups in total. The molecule has 1 unspecified atom stereocenters. The number of para-hydroxylation sites is 1. The second-order valence-corrected chi connectivity index (χ2v) is 6.91. The number of fused-ring (bicyclic) bond motifs is 1. The van der Waals surface area contributed by atoms with Gasteiger partial charge in [0.2, 0.25) is 0 Å². The Labute approximate surface area is 169 Å². The van der Waals surface area contributed by atoms with E-state index in [0.717, 1.165) is 58.2 Å². The van der Waals surface area contributed by atoms with Gasteiger partial charge in [-0.05, 0) is 38.9 Å². The summed E-state index contributed by atoms with van der Waals surface area (Å²) in [5.41, 5.74) is 2.74. The smallest absolute Gasteiger partial charge is 0.198 e.